The Morgan fingerprint density at radius 2 is 1.91 bits per heavy atom. The lowest BCUT2D eigenvalue weighted by Gasteiger charge is -2.43. The number of hydrogen-bond donors (Lipinski definition) is 2. The van der Waals surface area contributed by atoms with Gasteiger partial charge in [0.2, 0.25) is 5.88 Å². The maximum Gasteiger partial charge on any atom is 0.310 e. The summed E-state index contributed by atoms with van der Waals surface area (Å²) in [4.78, 5) is 18.5. The number of aliphatic carboxylic acids is 1. The molecule has 0 bridgehead atoms. The van der Waals surface area contributed by atoms with Crippen molar-refractivity contribution in [3.05, 3.63) is 59.8 Å². The number of carboxylic acid groups (broad SMARTS) is 1. The van der Waals surface area contributed by atoms with Gasteiger partial charge >= 0.3 is 5.97 Å². The zero-order valence-electron chi connectivity index (χ0n) is 19.5. The molecular weight excluding hydrogens is 414 g/mol. The molecule has 1 aromatic carbocycles. The molecule has 33 heavy (non-hydrogen) atoms. The molecular formula is C27H35N3O3. The zero-order valence-corrected chi connectivity index (χ0v) is 19.5. The Bertz CT molecular complexity index is 950. The van der Waals surface area contributed by atoms with Crippen molar-refractivity contribution in [3.63, 3.8) is 0 Å². The highest BCUT2D eigenvalue weighted by molar-refractivity contribution is 5.78. The minimum atomic E-state index is -0.619. The third-order valence-corrected chi connectivity index (χ3v) is 8.09. The Morgan fingerprint density at radius 1 is 1.15 bits per heavy atom. The van der Waals surface area contributed by atoms with Crippen LogP contribution in [0.4, 0.5) is 0 Å². The topological polar surface area (TPSA) is 74.7 Å². The molecule has 1 saturated heterocycles. The van der Waals surface area contributed by atoms with Gasteiger partial charge in [-0.25, -0.2) is 4.98 Å². The van der Waals surface area contributed by atoms with Crippen LogP contribution in [0.25, 0.3) is 0 Å². The first kappa shape index (κ1) is 22.4. The molecule has 176 valence electrons. The Labute approximate surface area is 196 Å². The number of hydrogen-bond acceptors (Lipinski definition) is 5. The minimum absolute atomic E-state index is 0.163. The fraction of sp³-hybridized carbons (Fsp3) is 0.556. The highest BCUT2D eigenvalue weighted by Gasteiger charge is 2.52. The first-order chi connectivity index (χ1) is 16.0. The van der Waals surface area contributed by atoms with Crippen molar-refractivity contribution in [2.24, 2.45) is 10.8 Å². The van der Waals surface area contributed by atoms with Gasteiger partial charge in [-0.15, -0.1) is 0 Å². The Morgan fingerprint density at radius 3 is 2.52 bits per heavy atom. The number of benzene rings is 1. The third kappa shape index (κ3) is 5.07. The number of carboxylic acids is 1. The van der Waals surface area contributed by atoms with E-state index < -0.39 is 11.4 Å². The monoisotopic (exact) mass is 449 g/mol. The van der Waals surface area contributed by atoms with Crippen LogP contribution in [-0.4, -0.2) is 60.3 Å². The number of methoxy groups -OCH3 is 1. The van der Waals surface area contributed by atoms with Crippen LogP contribution in [0.2, 0.25) is 0 Å². The van der Waals surface area contributed by atoms with E-state index >= 15 is 0 Å². The molecule has 2 saturated carbocycles. The number of pyridine rings is 1. The van der Waals surface area contributed by atoms with Crippen LogP contribution in [0.1, 0.15) is 49.1 Å². The third-order valence-electron chi connectivity index (χ3n) is 8.09. The first-order valence-corrected chi connectivity index (χ1v) is 12.2. The molecule has 0 spiro atoms. The normalized spacial score (nSPS) is 25.4. The summed E-state index contributed by atoms with van der Waals surface area (Å²) in [5.41, 5.74) is 2.36. The van der Waals surface area contributed by atoms with Crippen molar-refractivity contribution in [2.45, 2.75) is 50.5 Å². The van der Waals surface area contributed by atoms with Gasteiger partial charge in [0.15, 0.2) is 0 Å². The summed E-state index contributed by atoms with van der Waals surface area (Å²) in [6, 6.07) is 15.4. The number of rotatable bonds is 10. The molecule has 2 N–H and O–H groups in total. The van der Waals surface area contributed by atoms with Crippen molar-refractivity contribution in [1.29, 1.82) is 0 Å². The summed E-state index contributed by atoms with van der Waals surface area (Å²) < 4.78 is 5.23. The van der Waals surface area contributed by atoms with E-state index in [9.17, 15) is 9.90 Å². The van der Waals surface area contributed by atoms with Crippen LogP contribution in [0, 0.1) is 10.8 Å². The molecule has 2 atom stereocenters. The Balaban J connectivity index is 1.23. The predicted molar refractivity (Wildman–Crippen MR) is 127 cm³/mol. The van der Waals surface area contributed by atoms with Gasteiger partial charge in [0, 0.05) is 37.3 Å². The summed E-state index contributed by atoms with van der Waals surface area (Å²) in [7, 11) is 1.64. The number of ether oxygens (including phenoxy) is 1. The standard InChI is InChI=1S/C27H35N3O3/c1-33-24-8-7-20(17-28-24)16-26(18-29-23-15-22(23)21-5-3-2-4-6-21)11-13-30(14-12-26)19-27(9-10-27)25(31)32/h2-8,17,22-23,29H,9-16,18-19H2,1H3,(H,31,32). The summed E-state index contributed by atoms with van der Waals surface area (Å²) >= 11 is 0. The number of carbonyl (C=O) groups is 1. The summed E-state index contributed by atoms with van der Waals surface area (Å²) in [6.45, 7) is 3.62. The molecule has 2 unspecified atom stereocenters. The first-order valence-electron chi connectivity index (χ1n) is 12.2. The number of piperidine rings is 1. The van der Waals surface area contributed by atoms with Gasteiger partial charge in [0.25, 0.3) is 0 Å². The summed E-state index contributed by atoms with van der Waals surface area (Å²) in [5, 5.41) is 13.5. The van der Waals surface area contributed by atoms with Crippen molar-refractivity contribution in [2.75, 3.05) is 33.3 Å². The lowest BCUT2D eigenvalue weighted by molar-refractivity contribution is -0.144. The van der Waals surface area contributed by atoms with E-state index in [-0.39, 0.29) is 5.41 Å². The van der Waals surface area contributed by atoms with Crippen molar-refractivity contribution >= 4 is 5.97 Å². The highest BCUT2D eigenvalue weighted by atomic mass is 16.5. The lowest BCUT2D eigenvalue weighted by atomic mass is 9.73. The molecule has 2 aromatic rings. The van der Waals surface area contributed by atoms with E-state index in [1.54, 1.807) is 7.11 Å². The Hall–Kier alpha value is -2.44. The molecule has 1 aliphatic heterocycles. The summed E-state index contributed by atoms with van der Waals surface area (Å²) in [5.74, 6) is 0.648. The molecule has 3 fully saturated rings. The highest BCUT2D eigenvalue weighted by Crippen LogP contribution is 2.48. The van der Waals surface area contributed by atoms with Gasteiger partial charge in [-0.2, -0.15) is 0 Å². The predicted octanol–water partition coefficient (Wildman–Crippen LogP) is 3.73. The van der Waals surface area contributed by atoms with Gasteiger partial charge in [0.1, 0.15) is 0 Å². The van der Waals surface area contributed by atoms with Gasteiger partial charge in [0.05, 0.1) is 12.5 Å². The Kier molecular flexibility index (Phi) is 6.14. The number of nitrogens with zero attached hydrogens (tertiary/aromatic N) is 2. The van der Waals surface area contributed by atoms with Crippen LogP contribution in [-0.2, 0) is 11.2 Å². The van der Waals surface area contributed by atoms with E-state index in [0.29, 0.717) is 24.4 Å². The van der Waals surface area contributed by atoms with Crippen molar-refractivity contribution < 1.29 is 14.6 Å². The fourth-order valence-electron chi connectivity index (χ4n) is 5.53. The van der Waals surface area contributed by atoms with Gasteiger partial charge in [-0.05, 0) is 68.2 Å². The van der Waals surface area contributed by atoms with Gasteiger partial charge in [-0.1, -0.05) is 36.4 Å². The molecule has 0 amide bonds. The second-order valence-electron chi connectivity index (χ2n) is 10.5. The average Bonchev–Trinajstić information content (AvgIpc) is 3.77. The van der Waals surface area contributed by atoms with Gasteiger partial charge in [-0.3, -0.25) is 4.79 Å². The van der Waals surface area contributed by atoms with Crippen LogP contribution in [0.5, 0.6) is 5.88 Å². The summed E-state index contributed by atoms with van der Waals surface area (Å²) in [6.07, 6.45) is 7.93. The molecule has 0 radical (unpaired) electrons. The second kappa shape index (κ2) is 9.07. The van der Waals surface area contributed by atoms with E-state index in [1.807, 2.05) is 12.3 Å². The van der Waals surface area contributed by atoms with Crippen LogP contribution < -0.4 is 10.1 Å². The maximum absolute atomic E-state index is 11.7. The SMILES string of the molecule is COc1ccc(CC2(CNC3CC3c3ccccc3)CCN(CC3(C(=O)O)CC3)CC2)cn1. The molecule has 2 aliphatic carbocycles. The molecule has 5 rings (SSSR count). The smallest absolute Gasteiger partial charge is 0.310 e. The van der Waals surface area contributed by atoms with E-state index in [1.165, 1.54) is 17.5 Å². The fourth-order valence-corrected chi connectivity index (χ4v) is 5.53. The van der Waals surface area contributed by atoms with E-state index in [0.717, 1.165) is 51.7 Å². The minimum Gasteiger partial charge on any atom is -0.481 e. The molecule has 2 heterocycles. The van der Waals surface area contributed by atoms with E-state index in [2.05, 4.69) is 51.6 Å². The number of nitrogens with one attached hydrogen (secondary N) is 1. The lowest BCUT2D eigenvalue weighted by Crippen LogP contribution is -2.48. The largest absolute Gasteiger partial charge is 0.481 e. The van der Waals surface area contributed by atoms with Crippen LogP contribution in [0.15, 0.2) is 48.7 Å². The maximum atomic E-state index is 11.7. The van der Waals surface area contributed by atoms with Crippen molar-refractivity contribution in [1.82, 2.24) is 15.2 Å². The molecule has 6 heteroatoms. The number of likely N-dealkylation sites (tertiary alicyclic amines) is 1. The van der Waals surface area contributed by atoms with E-state index in [4.69, 9.17) is 4.74 Å². The molecule has 1 aromatic heterocycles. The van der Waals surface area contributed by atoms with Crippen LogP contribution >= 0.6 is 0 Å². The van der Waals surface area contributed by atoms with Crippen LogP contribution in [0.3, 0.4) is 0 Å². The average molecular weight is 450 g/mol. The molecule has 3 aliphatic rings. The van der Waals surface area contributed by atoms with Crippen molar-refractivity contribution in [3.8, 4) is 5.88 Å². The number of aromatic nitrogens is 1. The quantitative estimate of drug-likeness (QED) is 0.576. The molecule has 6 nitrogen and oxygen atoms in total. The second-order valence-corrected chi connectivity index (χ2v) is 10.5. The van der Waals surface area contributed by atoms with Gasteiger partial charge < -0.3 is 20.1 Å². The zero-order chi connectivity index (χ0) is 22.9.